The Morgan fingerprint density at radius 3 is 3.07 bits per heavy atom. The summed E-state index contributed by atoms with van der Waals surface area (Å²) in [5, 5.41) is 8.57. The van der Waals surface area contributed by atoms with Crippen LogP contribution in [-0.4, -0.2) is 44.6 Å². The van der Waals surface area contributed by atoms with Crippen molar-refractivity contribution in [3.63, 3.8) is 0 Å². The summed E-state index contributed by atoms with van der Waals surface area (Å²) < 4.78 is 0.0989. The molecule has 0 saturated carbocycles. The highest BCUT2D eigenvalue weighted by atomic mass is 32.2. The standard InChI is InChI=1S/C8H13NO3S2/c1-6-4-13-8(14-5-10)9(6)3-2-7(11)12/h5-6,8H,2-4H2,1H3,(H,11,12). The summed E-state index contributed by atoms with van der Waals surface area (Å²) in [7, 11) is 0. The summed E-state index contributed by atoms with van der Waals surface area (Å²) in [6, 6.07) is 0.358. The van der Waals surface area contributed by atoms with E-state index in [9.17, 15) is 9.59 Å². The van der Waals surface area contributed by atoms with Gasteiger partial charge in [0.05, 0.1) is 6.42 Å². The molecular formula is C8H13NO3S2. The van der Waals surface area contributed by atoms with Crippen LogP contribution in [0.1, 0.15) is 13.3 Å². The molecule has 1 saturated heterocycles. The molecule has 0 aromatic carbocycles. The van der Waals surface area contributed by atoms with Gasteiger partial charge in [-0.1, -0.05) is 11.8 Å². The molecule has 2 unspecified atom stereocenters. The molecule has 1 aliphatic rings. The fraction of sp³-hybridized carbons (Fsp3) is 0.750. The molecule has 4 nitrogen and oxygen atoms in total. The summed E-state index contributed by atoms with van der Waals surface area (Å²) >= 11 is 2.92. The first kappa shape index (κ1) is 11.9. The molecule has 0 aliphatic carbocycles. The van der Waals surface area contributed by atoms with Crippen molar-refractivity contribution in [2.45, 2.75) is 24.1 Å². The van der Waals surface area contributed by atoms with Gasteiger partial charge in [0.15, 0.2) is 5.62 Å². The fourth-order valence-electron chi connectivity index (χ4n) is 1.34. The second-order valence-corrected chi connectivity index (χ2v) is 5.43. The second-order valence-electron chi connectivity index (χ2n) is 3.10. The second kappa shape index (κ2) is 5.63. The molecule has 2 atom stereocenters. The Balaban J connectivity index is 2.44. The van der Waals surface area contributed by atoms with Crippen molar-refractivity contribution in [2.75, 3.05) is 12.3 Å². The van der Waals surface area contributed by atoms with E-state index in [2.05, 4.69) is 11.8 Å². The summed E-state index contributed by atoms with van der Waals surface area (Å²) in [5.74, 6) is 0.175. The Kier molecular flexibility index (Phi) is 4.77. The number of carboxylic acid groups (broad SMARTS) is 1. The predicted molar refractivity (Wildman–Crippen MR) is 59.0 cm³/mol. The van der Waals surface area contributed by atoms with Crippen LogP contribution in [0.15, 0.2) is 0 Å². The van der Waals surface area contributed by atoms with Crippen LogP contribution >= 0.6 is 23.5 Å². The minimum Gasteiger partial charge on any atom is -0.481 e. The van der Waals surface area contributed by atoms with E-state index in [0.717, 1.165) is 11.4 Å². The highest BCUT2D eigenvalue weighted by molar-refractivity contribution is 8.23. The maximum atomic E-state index is 10.4. The van der Waals surface area contributed by atoms with Gasteiger partial charge in [-0.15, -0.1) is 11.8 Å². The molecule has 80 valence electrons. The fourth-order valence-corrected chi connectivity index (χ4v) is 3.73. The van der Waals surface area contributed by atoms with E-state index in [-0.39, 0.29) is 11.1 Å². The number of hydrogen-bond donors (Lipinski definition) is 1. The maximum Gasteiger partial charge on any atom is 0.304 e. The van der Waals surface area contributed by atoms with Crippen LogP contribution in [-0.2, 0) is 9.59 Å². The maximum absolute atomic E-state index is 10.4. The molecule has 0 spiro atoms. The van der Waals surface area contributed by atoms with Crippen LogP contribution in [0, 0.1) is 0 Å². The SMILES string of the molecule is CC1CSC(SC=O)N1CCC(=O)O. The lowest BCUT2D eigenvalue weighted by Crippen LogP contribution is -2.34. The average Bonchev–Trinajstić information content (AvgIpc) is 2.45. The van der Waals surface area contributed by atoms with Gasteiger partial charge in [-0.05, 0) is 6.92 Å². The summed E-state index contributed by atoms with van der Waals surface area (Å²) in [5.41, 5.74) is 0.823. The van der Waals surface area contributed by atoms with E-state index in [0.29, 0.717) is 12.6 Å². The van der Waals surface area contributed by atoms with Gasteiger partial charge in [0, 0.05) is 18.3 Å². The quantitative estimate of drug-likeness (QED) is 0.720. The van der Waals surface area contributed by atoms with E-state index in [1.54, 1.807) is 11.8 Å². The molecule has 6 heteroatoms. The molecule has 0 bridgehead atoms. The van der Waals surface area contributed by atoms with Crippen molar-refractivity contribution in [1.29, 1.82) is 0 Å². The third-order valence-corrected chi connectivity index (χ3v) is 4.66. The Bertz CT molecular complexity index is 225. The topological polar surface area (TPSA) is 57.6 Å². The molecule has 0 aromatic rings. The number of carboxylic acids is 1. The van der Waals surface area contributed by atoms with Crippen molar-refractivity contribution in [3.8, 4) is 0 Å². The lowest BCUT2D eigenvalue weighted by molar-refractivity contribution is -0.137. The van der Waals surface area contributed by atoms with Crippen LogP contribution < -0.4 is 0 Å². The molecule has 1 N–H and O–H groups in total. The van der Waals surface area contributed by atoms with E-state index in [1.165, 1.54) is 11.8 Å². The van der Waals surface area contributed by atoms with E-state index in [4.69, 9.17) is 5.11 Å². The number of rotatable bonds is 5. The molecule has 1 fully saturated rings. The van der Waals surface area contributed by atoms with E-state index in [1.807, 2.05) is 0 Å². The number of aliphatic carboxylic acids is 1. The first-order chi connectivity index (χ1) is 6.65. The van der Waals surface area contributed by atoms with Crippen LogP contribution in [0.2, 0.25) is 0 Å². The summed E-state index contributed by atoms with van der Waals surface area (Å²) in [6.45, 7) is 2.58. The first-order valence-electron chi connectivity index (χ1n) is 4.33. The molecule has 0 radical (unpaired) electrons. The predicted octanol–water partition coefficient (Wildman–Crippen LogP) is 1.11. The lowest BCUT2D eigenvalue weighted by atomic mass is 10.3. The minimum absolute atomic E-state index is 0.0989. The number of hydrogen-bond acceptors (Lipinski definition) is 5. The molecule has 1 aliphatic heterocycles. The summed E-state index contributed by atoms with van der Waals surface area (Å²) in [4.78, 5) is 22.8. The Labute approximate surface area is 91.4 Å². The van der Waals surface area contributed by atoms with Gasteiger partial charge < -0.3 is 5.11 Å². The smallest absolute Gasteiger partial charge is 0.304 e. The van der Waals surface area contributed by atoms with E-state index < -0.39 is 5.97 Å². The third kappa shape index (κ3) is 3.18. The van der Waals surface area contributed by atoms with Gasteiger partial charge in [-0.3, -0.25) is 14.5 Å². The zero-order chi connectivity index (χ0) is 10.6. The highest BCUT2D eigenvalue weighted by Gasteiger charge is 2.31. The van der Waals surface area contributed by atoms with Gasteiger partial charge in [-0.2, -0.15) is 0 Å². The number of carbonyl (C=O) groups is 2. The largest absolute Gasteiger partial charge is 0.481 e. The van der Waals surface area contributed by atoms with Crippen molar-refractivity contribution in [1.82, 2.24) is 4.90 Å². The van der Waals surface area contributed by atoms with Crippen molar-refractivity contribution >= 4 is 35.1 Å². The van der Waals surface area contributed by atoms with Crippen LogP contribution in [0.4, 0.5) is 0 Å². The average molecular weight is 235 g/mol. The summed E-state index contributed by atoms with van der Waals surface area (Å²) in [6.07, 6.45) is 0.140. The van der Waals surface area contributed by atoms with Crippen molar-refractivity contribution < 1.29 is 14.7 Å². The molecule has 1 rings (SSSR count). The van der Waals surface area contributed by atoms with Gasteiger partial charge in [0.25, 0.3) is 0 Å². The zero-order valence-electron chi connectivity index (χ0n) is 7.88. The van der Waals surface area contributed by atoms with Crippen molar-refractivity contribution in [2.24, 2.45) is 0 Å². The number of carbonyl (C=O) groups excluding carboxylic acids is 1. The lowest BCUT2D eigenvalue weighted by Gasteiger charge is -2.24. The van der Waals surface area contributed by atoms with Crippen LogP contribution in [0.25, 0.3) is 0 Å². The highest BCUT2D eigenvalue weighted by Crippen LogP contribution is 2.35. The van der Waals surface area contributed by atoms with Crippen LogP contribution in [0.3, 0.4) is 0 Å². The van der Waals surface area contributed by atoms with Gasteiger partial charge in [-0.25, -0.2) is 0 Å². The molecule has 1 heterocycles. The molecule has 0 amide bonds. The molecular weight excluding hydrogens is 222 g/mol. The van der Waals surface area contributed by atoms with Gasteiger partial charge >= 0.3 is 5.97 Å². The van der Waals surface area contributed by atoms with Crippen LogP contribution in [0.5, 0.6) is 0 Å². The molecule has 14 heavy (non-hydrogen) atoms. The number of nitrogens with zero attached hydrogens (tertiary/aromatic N) is 1. The molecule has 0 aromatic heterocycles. The van der Waals surface area contributed by atoms with Gasteiger partial charge in [0.1, 0.15) is 4.71 Å². The first-order valence-corrected chi connectivity index (χ1v) is 6.32. The Morgan fingerprint density at radius 1 is 1.79 bits per heavy atom. The monoisotopic (exact) mass is 235 g/mol. The van der Waals surface area contributed by atoms with E-state index >= 15 is 0 Å². The zero-order valence-corrected chi connectivity index (χ0v) is 9.51. The Morgan fingerprint density at radius 2 is 2.50 bits per heavy atom. The minimum atomic E-state index is -0.788. The normalized spacial score (nSPS) is 27.8. The van der Waals surface area contributed by atoms with Gasteiger partial charge in [0.2, 0.25) is 0 Å². The number of thioether (sulfide) groups is 2. The third-order valence-electron chi connectivity index (χ3n) is 2.07. The Hall–Kier alpha value is -0.200. The van der Waals surface area contributed by atoms with Crippen molar-refractivity contribution in [3.05, 3.63) is 0 Å².